The van der Waals surface area contributed by atoms with E-state index in [9.17, 15) is 0 Å². The van der Waals surface area contributed by atoms with Gasteiger partial charge in [0, 0.05) is 0 Å². The first kappa shape index (κ1) is 30.2. The van der Waals surface area contributed by atoms with Gasteiger partial charge in [0.15, 0.2) is 0 Å². The second kappa shape index (κ2) is 47.9. The lowest BCUT2D eigenvalue weighted by Gasteiger charge is -1.83. The topological polar surface area (TPSA) is 151 Å². The highest BCUT2D eigenvalue weighted by molar-refractivity contribution is 5.80. The minimum Gasteiger partial charge on any atom is -0.412 e. The first-order chi connectivity index (χ1) is 5.27. The van der Waals surface area contributed by atoms with Gasteiger partial charge in [-0.15, -0.1) is 26.3 Å². The summed E-state index contributed by atoms with van der Waals surface area (Å²) in [7, 11) is 0. The third-order valence-electron chi connectivity index (χ3n) is 0.367. The van der Waals surface area contributed by atoms with Gasteiger partial charge in [-0.05, 0) is 0 Å². The van der Waals surface area contributed by atoms with Crippen LogP contribution in [0.5, 0.6) is 0 Å². The number of hydrogen-bond donors (Lipinski definition) is 3. The summed E-state index contributed by atoms with van der Waals surface area (Å²) in [5.41, 5.74) is 9.73. The third-order valence-corrected chi connectivity index (χ3v) is 0.367. The lowest BCUT2D eigenvalue weighted by molar-refractivity contribution is 0.823. The van der Waals surface area contributed by atoms with E-state index in [2.05, 4.69) is 31.3 Å². The number of aliphatic imine (C=N–C) groups is 1. The number of amidine groups is 1. The van der Waals surface area contributed by atoms with Crippen LogP contribution in [0.15, 0.2) is 31.3 Å². The number of nitrogens with one attached hydrogen (secondary N) is 1. The normalized spacial score (nSPS) is 5.85. The number of nitrogens with zero attached hydrogens (tertiary/aromatic N) is 1. The summed E-state index contributed by atoms with van der Waals surface area (Å²) >= 11 is 0. The summed E-state index contributed by atoms with van der Waals surface area (Å²) in [5.74, 6) is 0.0294. The summed E-state index contributed by atoms with van der Waals surface area (Å²) in [6.07, 6.45) is 1.13. The van der Waals surface area contributed by atoms with Crippen LogP contribution in [-0.2, 0) is 0 Å². The van der Waals surface area contributed by atoms with Crippen molar-refractivity contribution in [2.75, 3.05) is 6.54 Å². The molecule has 0 aliphatic carbocycles. The molecule has 0 spiro atoms. The smallest absolute Gasteiger partial charge is 0.113 e. The number of hydrogen-bond acceptors (Lipinski definition) is 2. The van der Waals surface area contributed by atoms with Crippen LogP contribution < -0.4 is 11.5 Å². The summed E-state index contributed by atoms with van der Waals surface area (Å²) in [6.45, 7) is 12.2. The van der Waals surface area contributed by atoms with E-state index in [4.69, 9.17) is 16.9 Å². The van der Waals surface area contributed by atoms with Crippen LogP contribution >= 0.6 is 0 Å². The molecule has 0 radical (unpaired) electrons. The van der Waals surface area contributed by atoms with Gasteiger partial charge in [-0.25, -0.2) is 0 Å². The van der Waals surface area contributed by atoms with Crippen LogP contribution in [0.1, 0.15) is 0 Å². The van der Waals surface area contributed by atoms with E-state index in [0.29, 0.717) is 0 Å². The van der Waals surface area contributed by atoms with E-state index < -0.39 is 0 Å². The molecule has 0 fully saturated rings. The molecule has 6 heteroatoms. The maximum Gasteiger partial charge on any atom is 0.113 e. The zero-order valence-electron chi connectivity index (χ0n) is 7.71. The van der Waals surface area contributed by atoms with Crippen LogP contribution in [0.25, 0.3) is 0 Å². The van der Waals surface area contributed by atoms with Gasteiger partial charge in [0.1, 0.15) is 5.84 Å². The van der Waals surface area contributed by atoms with E-state index in [1.165, 1.54) is 0 Å². The molecule has 0 saturated heterocycles. The van der Waals surface area contributed by atoms with Crippen molar-refractivity contribution < 1.29 is 11.0 Å². The predicted octanol–water partition coefficient (Wildman–Crippen LogP) is -1.14. The average molecular weight is 192 g/mol. The van der Waals surface area contributed by atoms with Crippen LogP contribution in [0.2, 0.25) is 0 Å². The minimum absolute atomic E-state index is 0. The van der Waals surface area contributed by atoms with Crippen molar-refractivity contribution >= 4 is 12.2 Å². The molecule has 0 amide bonds. The number of nitrogens with two attached hydrogens (primary N) is 2. The first-order valence-electron chi connectivity index (χ1n) is 2.80. The van der Waals surface area contributed by atoms with Gasteiger partial charge in [0.25, 0.3) is 0 Å². The minimum atomic E-state index is 0. The van der Waals surface area contributed by atoms with E-state index in [1.807, 2.05) is 0 Å². The summed E-state index contributed by atoms with van der Waals surface area (Å²) in [4.78, 5) is 3.47. The SMILES string of the molecule is C=C.C=C.N=C(N)CN=CN.O.O. The van der Waals surface area contributed by atoms with E-state index in [-0.39, 0.29) is 23.3 Å². The fourth-order valence-corrected chi connectivity index (χ4v) is 0.151. The molecule has 80 valence electrons. The summed E-state index contributed by atoms with van der Waals surface area (Å²) < 4.78 is 0. The lowest BCUT2D eigenvalue weighted by Crippen LogP contribution is -2.13. The van der Waals surface area contributed by atoms with Crippen LogP contribution in [0.4, 0.5) is 0 Å². The maximum atomic E-state index is 6.61. The van der Waals surface area contributed by atoms with Crippen molar-refractivity contribution in [1.82, 2.24) is 0 Å². The monoisotopic (exact) mass is 192 g/mol. The molecule has 0 saturated carbocycles. The molecule has 0 unspecified atom stereocenters. The zero-order valence-corrected chi connectivity index (χ0v) is 7.71. The number of rotatable bonds is 2. The molecule has 0 bridgehead atoms. The molecule has 0 aliphatic rings. The highest BCUT2D eigenvalue weighted by atomic mass is 16.0. The van der Waals surface area contributed by atoms with Crippen molar-refractivity contribution in [1.29, 1.82) is 5.41 Å². The molecule has 0 rings (SSSR count). The molecule has 0 heterocycles. The van der Waals surface area contributed by atoms with E-state index >= 15 is 0 Å². The standard InChI is InChI=1S/C3H8N4.2C2H4.2H2O/c4-2-7-1-3(5)6;2*1-2;;/h2H,1H2,(H2,4,7)(H3,5,6);2*1-2H2;2*1H2. The Morgan fingerprint density at radius 1 is 1.23 bits per heavy atom. The largest absolute Gasteiger partial charge is 0.412 e. The molecular formula is C7H20N4O2. The van der Waals surface area contributed by atoms with E-state index in [0.717, 1.165) is 6.34 Å². The van der Waals surface area contributed by atoms with Crippen molar-refractivity contribution in [3.8, 4) is 0 Å². The maximum absolute atomic E-state index is 6.61. The second-order valence-electron chi connectivity index (χ2n) is 1.01. The average Bonchev–Trinajstić information content (AvgIpc) is 2.08. The molecule has 0 aromatic carbocycles. The second-order valence-corrected chi connectivity index (χ2v) is 1.01. The Morgan fingerprint density at radius 2 is 1.54 bits per heavy atom. The van der Waals surface area contributed by atoms with Crippen LogP contribution in [0.3, 0.4) is 0 Å². The molecule has 9 N–H and O–H groups in total. The highest BCUT2D eigenvalue weighted by Gasteiger charge is 1.77. The Hall–Kier alpha value is -1.66. The Kier molecular flexibility index (Phi) is 111. The Morgan fingerprint density at radius 3 is 1.62 bits per heavy atom. The third kappa shape index (κ3) is 131. The Balaban J connectivity index is -0.0000000315. The Bertz CT molecular complexity index is 115. The van der Waals surface area contributed by atoms with Gasteiger partial charge in [-0.1, -0.05) is 0 Å². The molecule has 6 nitrogen and oxygen atoms in total. The van der Waals surface area contributed by atoms with Gasteiger partial charge in [0.2, 0.25) is 0 Å². The van der Waals surface area contributed by atoms with Crippen molar-refractivity contribution in [2.45, 2.75) is 0 Å². The van der Waals surface area contributed by atoms with Gasteiger partial charge >= 0.3 is 0 Å². The van der Waals surface area contributed by atoms with Crippen LogP contribution in [0, 0.1) is 5.41 Å². The summed E-state index contributed by atoms with van der Waals surface area (Å²) in [5, 5.41) is 6.61. The van der Waals surface area contributed by atoms with Crippen molar-refractivity contribution in [2.24, 2.45) is 16.5 Å². The molecular weight excluding hydrogens is 172 g/mol. The van der Waals surface area contributed by atoms with Gasteiger partial charge in [0.05, 0.1) is 12.9 Å². The fraction of sp³-hybridized carbons (Fsp3) is 0.143. The van der Waals surface area contributed by atoms with Crippen molar-refractivity contribution in [3.05, 3.63) is 26.3 Å². The quantitative estimate of drug-likeness (QED) is 0.288. The molecule has 0 aromatic rings. The molecule has 0 aromatic heterocycles. The summed E-state index contributed by atoms with van der Waals surface area (Å²) in [6, 6.07) is 0. The molecule has 0 aliphatic heterocycles. The van der Waals surface area contributed by atoms with Crippen molar-refractivity contribution in [3.63, 3.8) is 0 Å². The van der Waals surface area contributed by atoms with E-state index in [1.54, 1.807) is 0 Å². The van der Waals surface area contributed by atoms with Gasteiger partial charge in [-0.3, -0.25) is 10.4 Å². The fourth-order valence-electron chi connectivity index (χ4n) is 0.151. The zero-order chi connectivity index (χ0) is 9.70. The molecule has 13 heavy (non-hydrogen) atoms. The predicted molar refractivity (Wildman–Crippen MR) is 59.2 cm³/mol. The Labute approximate surface area is 78.8 Å². The molecule has 0 atom stereocenters. The highest BCUT2D eigenvalue weighted by Crippen LogP contribution is 1.60. The van der Waals surface area contributed by atoms with Gasteiger partial charge in [-0.2, -0.15) is 0 Å². The van der Waals surface area contributed by atoms with Gasteiger partial charge < -0.3 is 22.4 Å². The first-order valence-corrected chi connectivity index (χ1v) is 2.80. The lowest BCUT2D eigenvalue weighted by atomic mass is 10.6. The van der Waals surface area contributed by atoms with Crippen LogP contribution in [-0.4, -0.2) is 29.7 Å².